The van der Waals surface area contributed by atoms with Crippen molar-refractivity contribution in [2.24, 2.45) is 0 Å². The van der Waals surface area contributed by atoms with Gasteiger partial charge in [0, 0.05) is 25.2 Å². The molecule has 0 unspecified atom stereocenters. The Labute approximate surface area is 74.0 Å². The zero-order valence-electron chi connectivity index (χ0n) is 7.74. The third kappa shape index (κ3) is 2.43. The number of hydrogen-bond donors (Lipinski definition) is 1. The lowest BCUT2D eigenvalue weighted by molar-refractivity contribution is 0.264. The lowest BCUT2D eigenvalue weighted by atomic mass is 10.2. The van der Waals surface area contributed by atoms with Crippen molar-refractivity contribution in [2.75, 3.05) is 19.3 Å². The zero-order chi connectivity index (χ0) is 9.35. The molecule has 1 aliphatic rings. The summed E-state index contributed by atoms with van der Waals surface area (Å²) >= 11 is 0. The fourth-order valence-electron chi connectivity index (χ4n) is 1.55. The lowest BCUT2D eigenvalue weighted by Crippen LogP contribution is -2.55. The second-order valence-electron chi connectivity index (χ2n) is 3.55. The molecular formula is C7H16N2O2S. The number of piperazine rings is 1. The zero-order valence-corrected chi connectivity index (χ0v) is 8.56. The minimum atomic E-state index is -3.00. The molecule has 0 bridgehead atoms. The van der Waals surface area contributed by atoms with Gasteiger partial charge in [0.2, 0.25) is 10.0 Å². The van der Waals surface area contributed by atoms with E-state index in [1.807, 2.05) is 13.8 Å². The van der Waals surface area contributed by atoms with Gasteiger partial charge in [-0.2, -0.15) is 4.31 Å². The van der Waals surface area contributed by atoms with E-state index >= 15 is 0 Å². The van der Waals surface area contributed by atoms with Gasteiger partial charge in [-0.1, -0.05) is 0 Å². The van der Waals surface area contributed by atoms with Gasteiger partial charge in [0.1, 0.15) is 0 Å². The highest BCUT2D eigenvalue weighted by molar-refractivity contribution is 7.88. The van der Waals surface area contributed by atoms with Crippen molar-refractivity contribution in [1.82, 2.24) is 9.62 Å². The van der Waals surface area contributed by atoms with Crippen molar-refractivity contribution in [3.63, 3.8) is 0 Å². The molecule has 72 valence electrons. The minimum absolute atomic E-state index is 0.253. The van der Waals surface area contributed by atoms with Gasteiger partial charge < -0.3 is 5.32 Å². The summed E-state index contributed by atoms with van der Waals surface area (Å²) in [7, 11) is -3.00. The summed E-state index contributed by atoms with van der Waals surface area (Å²) in [6.45, 7) is 5.16. The molecule has 0 amide bonds. The fourth-order valence-corrected chi connectivity index (χ4v) is 2.54. The smallest absolute Gasteiger partial charge is 0.211 e. The molecule has 1 fully saturated rings. The van der Waals surface area contributed by atoms with Crippen LogP contribution in [0.3, 0.4) is 0 Å². The van der Waals surface area contributed by atoms with E-state index in [0.29, 0.717) is 13.1 Å². The quantitative estimate of drug-likeness (QED) is 0.616. The molecule has 0 saturated carbocycles. The van der Waals surface area contributed by atoms with Gasteiger partial charge in [-0.25, -0.2) is 8.42 Å². The maximum atomic E-state index is 11.2. The topological polar surface area (TPSA) is 49.4 Å². The van der Waals surface area contributed by atoms with Crippen molar-refractivity contribution in [2.45, 2.75) is 25.9 Å². The Morgan fingerprint density at radius 3 is 2.00 bits per heavy atom. The minimum Gasteiger partial charge on any atom is -0.309 e. The predicted molar refractivity (Wildman–Crippen MR) is 48.5 cm³/mol. The Morgan fingerprint density at radius 1 is 1.25 bits per heavy atom. The Hall–Kier alpha value is -0.130. The number of sulfonamides is 1. The van der Waals surface area contributed by atoms with Crippen LogP contribution in [0.5, 0.6) is 0 Å². The molecule has 1 aliphatic heterocycles. The van der Waals surface area contributed by atoms with Gasteiger partial charge in [0.15, 0.2) is 0 Å². The molecule has 4 nitrogen and oxygen atoms in total. The van der Waals surface area contributed by atoms with Crippen LogP contribution in [0.25, 0.3) is 0 Å². The molecule has 1 rings (SSSR count). The van der Waals surface area contributed by atoms with E-state index in [0.717, 1.165) is 0 Å². The van der Waals surface area contributed by atoms with E-state index < -0.39 is 10.0 Å². The average Bonchev–Trinajstić information content (AvgIpc) is 1.82. The Balaban J connectivity index is 2.68. The molecule has 5 heteroatoms. The highest BCUT2D eigenvalue weighted by atomic mass is 32.2. The van der Waals surface area contributed by atoms with Gasteiger partial charge in [0.25, 0.3) is 0 Å². The lowest BCUT2D eigenvalue weighted by Gasteiger charge is -2.34. The third-order valence-electron chi connectivity index (χ3n) is 1.99. The SMILES string of the molecule is C[C@@H]1CN(S(C)(=O)=O)C[C@@H](C)N1. The van der Waals surface area contributed by atoms with Gasteiger partial charge in [-0.15, -0.1) is 0 Å². The van der Waals surface area contributed by atoms with Crippen molar-refractivity contribution < 1.29 is 8.42 Å². The van der Waals surface area contributed by atoms with Crippen LogP contribution in [0.2, 0.25) is 0 Å². The molecule has 0 aromatic rings. The normalized spacial score (nSPS) is 33.6. The van der Waals surface area contributed by atoms with Gasteiger partial charge in [-0.05, 0) is 13.8 Å². The van der Waals surface area contributed by atoms with Crippen LogP contribution in [-0.2, 0) is 10.0 Å². The van der Waals surface area contributed by atoms with Crippen LogP contribution in [-0.4, -0.2) is 44.2 Å². The second-order valence-corrected chi connectivity index (χ2v) is 5.53. The molecule has 0 spiro atoms. The van der Waals surface area contributed by atoms with Crippen LogP contribution in [0.4, 0.5) is 0 Å². The number of nitrogens with zero attached hydrogens (tertiary/aromatic N) is 1. The highest BCUT2D eigenvalue weighted by Crippen LogP contribution is 2.07. The van der Waals surface area contributed by atoms with Crippen molar-refractivity contribution in [3.05, 3.63) is 0 Å². The first-order chi connectivity index (χ1) is 5.39. The largest absolute Gasteiger partial charge is 0.309 e. The van der Waals surface area contributed by atoms with Crippen LogP contribution >= 0.6 is 0 Å². The molecule has 12 heavy (non-hydrogen) atoms. The van der Waals surface area contributed by atoms with Crippen LogP contribution < -0.4 is 5.32 Å². The Bertz CT molecular complexity index is 240. The third-order valence-corrected chi connectivity index (χ3v) is 3.23. The second kappa shape index (κ2) is 3.32. The highest BCUT2D eigenvalue weighted by Gasteiger charge is 2.26. The van der Waals surface area contributed by atoms with Gasteiger partial charge >= 0.3 is 0 Å². The standard InChI is InChI=1S/C7H16N2O2S/c1-6-4-9(12(3,10)11)5-7(2)8-6/h6-8H,4-5H2,1-3H3/t6-,7-/m1/s1. The predicted octanol–water partition coefficient (Wildman–Crippen LogP) is -0.372. The van der Waals surface area contributed by atoms with E-state index in [9.17, 15) is 8.42 Å². The van der Waals surface area contributed by atoms with Crippen LogP contribution in [0.1, 0.15) is 13.8 Å². The molecule has 0 radical (unpaired) electrons. The summed E-state index contributed by atoms with van der Waals surface area (Å²) in [4.78, 5) is 0. The van der Waals surface area contributed by atoms with E-state index in [4.69, 9.17) is 0 Å². The first-order valence-electron chi connectivity index (χ1n) is 4.11. The molecular weight excluding hydrogens is 176 g/mol. The summed E-state index contributed by atoms with van der Waals surface area (Å²) in [6.07, 6.45) is 1.26. The van der Waals surface area contributed by atoms with Crippen LogP contribution in [0, 0.1) is 0 Å². The maximum absolute atomic E-state index is 11.2. The molecule has 0 aromatic heterocycles. The van der Waals surface area contributed by atoms with E-state index in [1.54, 1.807) is 0 Å². The van der Waals surface area contributed by atoms with E-state index in [-0.39, 0.29) is 12.1 Å². The molecule has 1 saturated heterocycles. The molecule has 0 aromatic carbocycles. The fraction of sp³-hybridized carbons (Fsp3) is 1.00. The van der Waals surface area contributed by atoms with Gasteiger partial charge in [-0.3, -0.25) is 0 Å². The molecule has 0 aliphatic carbocycles. The number of rotatable bonds is 1. The molecule has 1 heterocycles. The summed E-state index contributed by atoms with van der Waals surface area (Å²) in [5, 5.41) is 3.28. The number of nitrogens with one attached hydrogen (secondary N) is 1. The van der Waals surface area contributed by atoms with Crippen molar-refractivity contribution >= 4 is 10.0 Å². The van der Waals surface area contributed by atoms with Gasteiger partial charge in [0.05, 0.1) is 6.26 Å². The summed E-state index contributed by atoms with van der Waals surface area (Å²) < 4.78 is 23.9. The van der Waals surface area contributed by atoms with E-state index in [1.165, 1.54) is 10.6 Å². The van der Waals surface area contributed by atoms with Crippen LogP contribution in [0.15, 0.2) is 0 Å². The first-order valence-corrected chi connectivity index (χ1v) is 5.95. The summed E-state index contributed by atoms with van der Waals surface area (Å²) in [5.74, 6) is 0. The molecule has 1 N–H and O–H groups in total. The Morgan fingerprint density at radius 2 is 1.67 bits per heavy atom. The monoisotopic (exact) mass is 192 g/mol. The Kier molecular flexibility index (Phi) is 2.75. The van der Waals surface area contributed by atoms with Crippen molar-refractivity contribution in [1.29, 1.82) is 0 Å². The van der Waals surface area contributed by atoms with E-state index in [2.05, 4.69) is 5.32 Å². The molecule has 2 atom stereocenters. The summed E-state index contributed by atoms with van der Waals surface area (Å²) in [6, 6.07) is 0.506. The maximum Gasteiger partial charge on any atom is 0.211 e. The average molecular weight is 192 g/mol. The first kappa shape index (κ1) is 9.95. The number of hydrogen-bond acceptors (Lipinski definition) is 3. The summed E-state index contributed by atoms with van der Waals surface area (Å²) in [5.41, 5.74) is 0. The van der Waals surface area contributed by atoms with Crippen molar-refractivity contribution in [3.8, 4) is 0 Å².